The Morgan fingerprint density at radius 1 is 1.00 bits per heavy atom. The molecule has 6 heteroatoms. The molecule has 2 rings (SSSR count). The smallest absolute Gasteiger partial charge is 0.191 e. The maximum absolute atomic E-state index is 13.8. The molecule has 0 saturated carbocycles. The lowest BCUT2D eigenvalue weighted by Gasteiger charge is -2.06. The van der Waals surface area contributed by atoms with Crippen LogP contribution in [0.5, 0.6) is 11.5 Å². The lowest BCUT2D eigenvalue weighted by atomic mass is 10.2. The van der Waals surface area contributed by atoms with Gasteiger partial charge in [0, 0.05) is 5.56 Å². The van der Waals surface area contributed by atoms with E-state index in [0.717, 1.165) is 23.4 Å². The topological polar surface area (TPSA) is 43.2 Å². The monoisotopic (exact) mass is 330 g/mol. The van der Waals surface area contributed by atoms with Gasteiger partial charge in [-0.2, -0.15) is 10.2 Å². The summed E-state index contributed by atoms with van der Waals surface area (Å²) in [4.78, 5) is 0. The summed E-state index contributed by atoms with van der Waals surface area (Å²) in [6, 6.07) is 9.43. The van der Waals surface area contributed by atoms with Crippen LogP contribution in [0, 0.1) is 11.6 Å². The highest BCUT2D eigenvalue weighted by molar-refractivity contribution is 5.83. The van der Waals surface area contributed by atoms with Gasteiger partial charge in [-0.1, -0.05) is 12.7 Å². The number of hydrogen-bond acceptors (Lipinski definition) is 4. The maximum atomic E-state index is 13.8. The molecule has 124 valence electrons. The minimum atomic E-state index is -0.808. The number of ether oxygens (including phenoxy) is 2. The predicted molar refractivity (Wildman–Crippen MR) is 90.2 cm³/mol. The van der Waals surface area contributed by atoms with Crippen LogP contribution in [0.1, 0.15) is 11.1 Å². The molecule has 0 bridgehead atoms. The summed E-state index contributed by atoms with van der Waals surface area (Å²) in [5.41, 5.74) is 1.06. The molecule has 0 aliphatic carbocycles. The van der Waals surface area contributed by atoms with Crippen LogP contribution >= 0.6 is 0 Å². The van der Waals surface area contributed by atoms with Gasteiger partial charge >= 0.3 is 0 Å². The second kappa shape index (κ2) is 8.57. The minimum Gasteiger partial charge on any atom is -0.497 e. The van der Waals surface area contributed by atoms with E-state index in [9.17, 15) is 8.78 Å². The molecule has 0 fully saturated rings. The lowest BCUT2D eigenvalue weighted by Crippen LogP contribution is -2.00. The first-order valence-electron chi connectivity index (χ1n) is 7.07. The van der Waals surface area contributed by atoms with Crippen LogP contribution in [-0.4, -0.2) is 26.1 Å². The van der Waals surface area contributed by atoms with Gasteiger partial charge < -0.3 is 9.47 Å². The third kappa shape index (κ3) is 4.74. The van der Waals surface area contributed by atoms with Crippen LogP contribution < -0.4 is 9.47 Å². The fraction of sp³-hybridized carbons (Fsp3) is 0.111. The van der Waals surface area contributed by atoms with Crippen molar-refractivity contribution in [1.29, 1.82) is 0 Å². The van der Waals surface area contributed by atoms with Gasteiger partial charge in [-0.15, -0.1) is 0 Å². The summed E-state index contributed by atoms with van der Waals surface area (Å²) in [5, 5.41) is 7.61. The van der Waals surface area contributed by atoms with Gasteiger partial charge in [0.2, 0.25) is 0 Å². The third-order valence-electron chi connectivity index (χ3n) is 2.96. The molecule has 2 aromatic carbocycles. The Balaban J connectivity index is 2.05. The van der Waals surface area contributed by atoms with Crippen LogP contribution in [0.15, 0.2) is 59.3 Å². The van der Waals surface area contributed by atoms with Gasteiger partial charge in [-0.25, -0.2) is 8.78 Å². The number of methoxy groups -OCH3 is 1. The molecule has 0 aliphatic rings. The van der Waals surface area contributed by atoms with Crippen molar-refractivity contribution in [2.75, 3.05) is 13.7 Å². The quantitative estimate of drug-likeness (QED) is 0.438. The Kier molecular flexibility index (Phi) is 6.19. The van der Waals surface area contributed by atoms with Crippen molar-refractivity contribution >= 4 is 12.4 Å². The summed E-state index contributed by atoms with van der Waals surface area (Å²) in [6.07, 6.45) is 4.18. The Labute approximate surface area is 138 Å². The number of benzene rings is 2. The van der Waals surface area contributed by atoms with E-state index in [0.29, 0.717) is 0 Å². The molecule has 2 aromatic rings. The second-order valence-electron chi connectivity index (χ2n) is 4.68. The summed E-state index contributed by atoms with van der Waals surface area (Å²) in [7, 11) is 1.58. The van der Waals surface area contributed by atoms with E-state index in [1.54, 1.807) is 19.2 Å². The summed E-state index contributed by atoms with van der Waals surface area (Å²) < 4.78 is 37.5. The Hall–Kier alpha value is -3.02. The first-order chi connectivity index (χ1) is 11.6. The maximum Gasteiger partial charge on any atom is 0.191 e. The first-order valence-corrected chi connectivity index (χ1v) is 7.07. The molecule has 0 saturated heterocycles. The van der Waals surface area contributed by atoms with E-state index in [4.69, 9.17) is 9.47 Å². The molecule has 0 radical (unpaired) electrons. The molecular weight excluding hydrogens is 314 g/mol. The fourth-order valence-electron chi connectivity index (χ4n) is 1.82. The number of nitrogens with zero attached hydrogens (tertiary/aromatic N) is 2. The molecule has 0 spiro atoms. The van der Waals surface area contributed by atoms with Crippen LogP contribution in [0.4, 0.5) is 8.78 Å². The van der Waals surface area contributed by atoms with Gasteiger partial charge in [0.05, 0.1) is 19.5 Å². The third-order valence-corrected chi connectivity index (χ3v) is 2.96. The molecule has 0 N–H and O–H groups in total. The van der Waals surface area contributed by atoms with Crippen molar-refractivity contribution in [3.8, 4) is 11.5 Å². The number of rotatable bonds is 7. The van der Waals surface area contributed by atoms with E-state index in [-0.39, 0.29) is 12.2 Å². The molecule has 0 atom stereocenters. The summed E-state index contributed by atoms with van der Waals surface area (Å²) >= 11 is 0. The number of halogens is 2. The molecule has 4 nitrogen and oxygen atoms in total. The molecule has 0 heterocycles. The largest absolute Gasteiger partial charge is 0.497 e. The van der Waals surface area contributed by atoms with Gasteiger partial charge in [0.15, 0.2) is 17.4 Å². The average Bonchev–Trinajstić information content (AvgIpc) is 2.58. The zero-order valence-corrected chi connectivity index (χ0v) is 13.1. The van der Waals surface area contributed by atoms with Crippen molar-refractivity contribution in [3.05, 3.63) is 71.8 Å². The van der Waals surface area contributed by atoms with Crippen molar-refractivity contribution in [3.63, 3.8) is 0 Å². The molecule has 0 amide bonds. The van der Waals surface area contributed by atoms with E-state index in [1.807, 2.05) is 12.1 Å². The lowest BCUT2D eigenvalue weighted by molar-refractivity contribution is 0.321. The Morgan fingerprint density at radius 2 is 1.58 bits per heavy atom. The highest BCUT2D eigenvalue weighted by atomic mass is 19.1. The van der Waals surface area contributed by atoms with Gasteiger partial charge in [0.25, 0.3) is 0 Å². The van der Waals surface area contributed by atoms with E-state index < -0.39 is 17.4 Å². The van der Waals surface area contributed by atoms with Gasteiger partial charge in [-0.3, -0.25) is 0 Å². The van der Waals surface area contributed by atoms with Crippen LogP contribution in [0.3, 0.4) is 0 Å². The fourth-order valence-corrected chi connectivity index (χ4v) is 1.82. The highest BCUT2D eigenvalue weighted by Crippen LogP contribution is 2.22. The van der Waals surface area contributed by atoms with Crippen molar-refractivity contribution in [2.45, 2.75) is 0 Å². The van der Waals surface area contributed by atoms with Crippen molar-refractivity contribution in [2.24, 2.45) is 10.2 Å². The van der Waals surface area contributed by atoms with Crippen molar-refractivity contribution in [1.82, 2.24) is 0 Å². The SMILES string of the molecule is C=CCOc1c(F)cc(/C=N/N=C/c2ccc(OC)cc2)cc1F. The van der Waals surface area contributed by atoms with E-state index in [2.05, 4.69) is 16.8 Å². The zero-order valence-electron chi connectivity index (χ0n) is 13.1. The Bertz CT molecular complexity index is 733. The van der Waals surface area contributed by atoms with Crippen LogP contribution in [-0.2, 0) is 0 Å². The highest BCUT2D eigenvalue weighted by Gasteiger charge is 2.11. The predicted octanol–water partition coefficient (Wildman–Crippen LogP) is 3.99. The van der Waals surface area contributed by atoms with Crippen LogP contribution in [0.25, 0.3) is 0 Å². The van der Waals surface area contributed by atoms with Crippen LogP contribution in [0.2, 0.25) is 0 Å². The summed E-state index contributed by atoms with van der Waals surface area (Å²) in [6.45, 7) is 3.44. The molecule has 0 aliphatic heterocycles. The average molecular weight is 330 g/mol. The van der Waals surface area contributed by atoms with Gasteiger partial charge in [0.1, 0.15) is 12.4 Å². The normalized spacial score (nSPS) is 11.1. The summed E-state index contributed by atoms with van der Waals surface area (Å²) in [5.74, 6) is -1.32. The molecule has 0 aromatic heterocycles. The molecular formula is C18H16F2N2O2. The molecule has 0 unspecified atom stereocenters. The second-order valence-corrected chi connectivity index (χ2v) is 4.68. The zero-order chi connectivity index (χ0) is 17.4. The number of hydrogen-bond donors (Lipinski definition) is 0. The van der Waals surface area contributed by atoms with E-state index >= 15 is 0 Å². The van der Waals surface area contributed by atoms with E-state index in [1.165, 1.54) is 18.5 Å². The van der Waals surface area contributed by atoms with Crippen molar-refractivity contribution < 1.29 is 18.3 Å². The van der Waals surface area contributed by atoms with Gasteiger partial charge in [-0.05, 0) is 42.0 Å². The Morgan fingerprint density at radius 3 is 2.12 bits per heavy atom. The molecule has 24 heavy (non-hydrogen) atoms. The first kappa shape index (κ1) is 17.3. The standard InChI is InChI=1S/C18H16F2N2O2/c1-3-8-24-18-16(19)9-14(10-17(18)20)12-22-21-11-13-4-6-15(23-2)7-5-13/h3-7,9-12H,1,8H2,2H3/b21-11+,22-12+. The minimum absolute atomic E-state index is 0.0213.